The van der Waals surface area contributed by atoms with Crippen molar-refractivity contribution in [1.82, 2.24) is 14.5 Å². The van der Waals surface area contributed by atoms with Gasteiger partial charge in [0.1, 0.15) is 5.82 Å². The van der Waals surface area contributed by atoms with E-state index in [4.69, 9.17) is 4.42 Å². The summed E-state index contributed by atoms with van der Waals surface area (Å²) in [6.45, 7) is 0.418. The minimum atomic E-state index is -5.00. The summed E-state index contributed by atoms with van der Waals surface area (Å²) in [6.07, 6.45) is -7.92. The van der Waals surface area contributed by atoms with E-state index >= 15 is 0 Å². The quantitative estimate of drug-likeness (QED) is 0.565. The third-order valence-corrected chi connectivity index (χ3v) is 4.47. The molecule has 0 atom stereocenters. The van der Waals surface area contributed by atoms with Crippen molar-refractivity contribution < 1.29 is 30.8 Å². The number of fused-ring (bicyclic) bond motifs is 2. The Labute approximate surface area is 152 Å². The smallest absolute Gasteiger partial charge is 0.416 e. The third-order valence-electron chi connectivity index (χ3n) is 4.47. The Morgan fingerprint density at radius 2 is 1.57 bits per heavy atom. The van der Waals surface area contributed by atoms with Crippen LogP contribution in [0.4, 0.5) is 26.3 Å². The van der Waals surface area contributed by atoms with Crippen LogP contribution in [0, 0.1) is 0 Å². The van der Waals surface area contributed by atoms with Gasteiger partial charge in [-0.25, -0.2) is 4.98 Å². The number of oxazole rings is 1. The zero-order valence-electron chi connectivity index (χ0n) is 14.0. The van der Waals surface area contributed by atoms with Gasteiger partial charge in [0.05, 0.1) is 11.1 Å². The Balaban J connectivity index is 1.92. The van der Waals surface area contributed by atoms with Crippen LogP contribution in [0.3, 0.4) is 0 Å². The Kier molecular flexibility index (Phi) is 4.02. The fourth-order valence-electron chi connectivity index (χ4n) is 3.13. The SMILES string of the molecule is O=c1c2nc(-c3cc(C(F)(F)F)cc(C(F)(F)F)c3)oc2nc2n1CCCC2. The van der Waals surface area contributed by atoms with E-state index in [1.807, 2.05) is 0 Å². The van der Waals surface area contributed by atoms with E-state index in [2.05, 4.69) is 9.97 Å². The summed E-state index contributed by atoms with van der Waals surface area (Å²) < 4.78 is 84.9. The van der Waals surface area contributed by atoms with E-state index < -0.39 is 40.5 Å². The fraction of sp³-hybridized carbons (Fsp3) is 0.353. The highest BCUT2D eigenvalue weighted by molar-refractivity contribution is 5.72. The lowest BCUT2D eigenvalue weighted by Gasteiger charge is -2.15. The summed E-state index contributed by atoms with van der Waals surface area (Å²) in [6, 6.07) is 1.01. The maximum atomic E-state index is 13.0. The van der Waals surface area contributed by atoms with Gasteiger partial charge in [-0.15, -0.1) is 0 Å². The molecule has 0 unspecified atom stereocenters. The lowest BCUT2D eigenvalue weighted by molar-refractivity contribution is -0.143. The highest BCUT2D eigenvalue weighted by atomic mass is 19.4. The predicted molar refractivity (Wildman–Crippen MR) is 84.4 cm³/mol. The number of hydrogen-bond donors (Lipinski definition) is 0. The standard InChI is InChI=1S/C17H11F6N3O2/c18-16(19,20)9-5-8(6-10(7-9)17(21,22)23)13-25-12-14(28-13)24-11-3-1-2-4-26(11)15(12)27/h5-7H,1-4H2. The molecule has 0 radical (unpaired) electrons. The Hall–Kier alpha value is -2.85. The lowest BCUT2D eigenvalue weighted by atomic mass is 10.0. The molecule has 1 aliphatic heterocycles. The van der Waals surface area contributed by atoms with Gasteiger partial charge in [0.25, 0.3) is 11.3 Å². The van der Waals surface area contributed by atoms with E-state index in [0.717, 1.165) is 12.8 Å². The molecule has 28 heavy (non-hydrogen) atoms. The zero-order chi connectivity index (χ0) is 20.3. The van der Waals surface area contributed by atoms with E-state index in [1.54, 1.807) is 0 Å². The van der Waals surface area contributed by atoms with Crippen LogP contribution in [0.2, 0.25) is 0 Å². The first-order valence-electron chi connectivity index (χ1n) is 8.24. The van der Waals surface area contributed by atoms with Crippen LogP contribution in [-0.4, -0.2) is 14.5 Å². The van der Waals surface area contributed by atoms with Crippen LogP contribution < -0.4 is 5.56 Å². The summed E-state index contributed by atoms with van der Waals surface area (Å²) >= 11 is 0. The van der Waals surface area contributed by atoms with Crippen LogP contribution in [0.15, 0.2) is 27.4 Å². The minimum absolute atomic E-state index is 0.0119. The van der Waals surface area contributed by atoms with Crippen LogP contribution in [-0.2, 0) is 25.3 Å². The summed E-state index contributed by atoms with van der Waals surface area (Å²) in [5.41, 5.74) is -4.50. The number of aromatic nitrogens is 3. The Bertz CT molecular complexity index is 1090. The molecular weight excluding hydrogens is 392 g/mol. The topological polar surface area (TPSA) is 60.9 Å². The summed E-state index contributed by atoms with van der Waals surface area (Å²) in [7, 11) is 0. The van der Waals surface area contributed by atoms with Gasteiger partial charge < -0.3 is 4.42 Å². The average molecular weight is 403 g/mol. The number of benzene rings is 1. The number of halogens is 6. The first kappa shape index (κ1) is 18.5. The summed E-state index contributed by atoms with van der Waals surface area (Å²) in [5.74, 6) is -0.0781. The van der Waals surface area contributed by atoms with Crippen molar-refractivity contribution >= 4 is 11.2 Å². The summed E-state index contributed by atoms with van der Waals surface area (Å²) in [5, 5.41) is 0. The number of alkyl halides is 6. The molecule has 0 N–H and O–H groups in total. The van der Waals surface area contributed by atoms with Crippen LogP contribution in [0.25, 0.3) is 22.7 Å². The average Bonchev–Trinajstić information content (AvgIpc) is 3.04. The third kappa shape index (κ3) is 3.14. The van der Waals surface area contributed by atoms with Gasteiger partial charge in [-0.3, -0.25) is 9.36 Å². The molecule has 0 spiro atoms. The van der Waals surface area contributed by atoms with Crippen molar-refractivity contribution in [3.63, 3.8) is 0 Å². The minimum Gasteiger partial charge on any atom is -0.417 e. The van der Waals surface area contributed by atoms with Crippen molar-refractivity contribution in [3.8, 4) is 11.5 Å². The first-order chi connectivity index (χ1) is 13.0. The van der Waals surface area contributed by atoms with Crippen molar-refractivity contribution in [2.45, 2.75) is 38.2 Å². The molecule has 0 saturated carbocycles. The normalized spacial score (nSPS) is 15.1. The first-order valence-corrected chi connectivity index (χ1v) is 8.24. The van der Waals surface area contributed by atoms with E-state index in [9.17, 15) is 31.1 Å². The molecule has 0 fully saturated rings. The predicted octanol–water partition coefficient (Wildman–Crippen LogP) is 4.43. The molecule has 0 amide bonds. The molecule has 2 aromatic heterocycles. The van der Waals surface area contributed by atoms with Crippen molar-refractivity contribution in [2.24, 2.45) is 0 Å². The highest BCUT2D eigenvalue weighted by Crippen LogP contribution is 2.38. The van der Waals surface area contributed by atoms with E-state index in [1.165, 1.54) is 4.57 Å². The van der Waals surface area contributed by atoms with Gasteiger partial charge in [-0.2, -0.15) is 31.3 Å². The van der Waals surface area contributed by atoms with Gasteiger partial charge in [0, 0.05) is 18.5 Å². The second-order valence-electron chi connectivity index (χ2n) is 6.41. The van der Waals surface area contributed by atoms with Crippen LogP contribution in [0.1, 0.15) is 29.8 Å². The zero-order valence-corrected chi connectivity index (χ0v) is 14.0. The van der Waals surface area contributed by atoms with Gasteiger partial charge in [-0.1, -0.05) is 0 Å². The molecular formula is C17H11F6N3O2. The molecule has 4 rings (SSSR count). The van der Waals surface area contributed by atoms with Gasteiger partial charge in [0.15, 0.2) is 5.52 Å². The molecule has 11 heteroatoms. The number of hydrogen-bond acceptors (Lipinski definition) is 4. The van der Waals surface area contributed by atoms with Crippen LogP contribution in [0.5, 0.6) is 0 Å². The monoisotopic (exact) mass is 403 g/mol. The van der Waals surface area contributed by atoms with E-state index in [-0.39, 0.29) is 17.3 Å². The number of rotatable bonds is 1. The van der Waals surface area contributed by atoms with Crippen molar-refractivity contribution in [1.29, 1.82) is 0 Å². The Morgan fingerprint density at radius 3 is 2.18 bits per heavy atom. The number of nitrogens with zero attached hydrogens (tertiary/aromatic N) is 3. The molecule has 1 aromatic carbocycles. The molecule has 5 nitrogen and oxygen atoms in total. The lowest BCUT2D eigenvalue weighted by Crippen LogP contribution is -2.28. The Morgan fingerprint density at radius 1 is 0.929 bits per heavy atom. The van der Waals surface area contributed by atoms with Crippen molar-refractivity contribution in [2.75, 3.05) is 0 Å². The molecule has 0 aliphatic carbocycles. The highest BCUT2D eigenvalue weighted by Gasteiger charge is 2.37. The second-order valence-corrected chi connectivity index (χ2v) is 6.41. The number of aryl methyl sites for hydroxylation is 1. The molecule has 0 saturated heterocycles. The van der Waals surface area contributed by atoms with E-state index in [0.29, 0.717) is 30.9 Å². The maximum Gasteiger partial charge on any atom is 0.416 e. The molecule has 3 heterocycles. The van der Waals surface area contributed by atoms with Crippen molar-refractivity contribution in [3.05, 3.63) is 45.5 Å². The van der Waals surface area contributed by atoms with Gasteiger partial charge >= 0.3 is 12.4 Å². The van der Waals surface area contributed by atoms with Gasteiger partial charge in [0.2, 0.25) is 5.89 Å². The van der Waals surface area contributed by atoms with Gasteiger partial charge in [-0.05, 0) is 31.0 Å². The molecule has 0 bridgehead atoms. The maximum absolute atomic E-state index is 13.0. The molecule has 1 aliphatic rings. The molecule has 148 valence electrons. The second kappa shape index (κ2) is 6.08. The van der Waals surface area contributed by atoms with Crippen LogP contribution >= 0.6 is 0 Å². The fourth-order valence-corrected chi connectivity index (χ4v) is 3.13. The molecule has 3 aromatic rings. The summed E-state index contributed by atoms with van der Waals surface area (Å²) in [4.78, 5) is 20.5. The largest absolute Gasteiger partial charge is 0.417 e.